The molecule has 0 bridgehead atoms. The van der Waals surface area contributed by atoms with E-state index < -0.39 is 28.5 Å². The number of aryl methyl sites for hydroxylation is 1. The lowest BCUT2D eigenvalue weighted by Gasteiger charge is -2.13. The molecular formula is C26H20ClN3O6S. The Kier molecular flexibility index (Phi) is 7.90. The van der Waals surface area contributed by atoms with Crippen molar-refractivity contribution < 1.29 is 24.0 Å². The number of ether oxygens (including phenoxy) is 1. The zero-order chi connectivity index (χ0) is 26.5. The number of anilines is 1. The molecule has 4 rings (SSSR count). The summed E-state index contributed by atoms with van der Waals surface area (Å²) < 4.78 is 5.70. The molecule has 1 aliphatic rings. The molecular weight excluding hydrogens is 518 g/mol. The average molecular weight is 538 g/mol. The summed E-state index contributed by atoms with van der Waals surface area (Å²) in [5.41, 5.74) is 2.79. The summed E-state index contributed by atoms with van der Waals surface area (Å²) in [7, 11) is 0. The van der Waals surface area contributed by atoms with Gasteiger partial charge in [-0.1, -0.05) is 29.8 Å². The second-order valence-electron chi connectivity index (χ2n) is 8.06. The molecule has 3 aromatic carbocycles. The van der Waals surface area contributed by atoms with Gasteiger partial charge < -0.3 is 10.1 Å². The molecule has 37 heavy (non-hydrogen) atoms. The van der Waals surface area contributed by atoms with Crippen molar-refractivity contribution in [1.82, 2.24) is 4.90 Å². The van der Waals surface area contributed by atoms with Crippen LogP contribution < -0.4 is 10.1 Å². The molecule has 0 radical (unpaired) electrons. The number of hydrogen-bond donors (Lipinski definition) is 1. The molecule has 0 unspecified atom stereocenters. The molecule has 3 amide bonds. The van der Waals surface area contributed by atoms with Crippen molar-refractivity contribution >= 4 is 57.9 Å². The maximum absolute atomic E-state index is 12.7. The Morgan fingerprint density at radius 3 is 2.46 bits per heavy atom. The molecule has 0 atom stereocenters. The summed E-state index contributed by atoms with van der Waals surface area (Å²) >= 11 is 6.83. The van der Waals surface area contributed by atoms with Crippen LogP contribution in [-0.4, -0.2) is 33.4 Å². The van der Waals surface area contributed by atoms with Gasteiger partial charge in [-0.25, -0.2) is 0 Å². The summed E-state index contributed by atoms with van der Waals surface area (Å²) in [6, 6.07) is 18.0. The maximum atomic E-state index is 12.7. The number of halogens is 1. The highest BCUT2D eigenvalue weighted by molar-refractivity contribution is 8.18. The number of carbonyl (C=O) groups is 3. The SMILES string of the molecule is Cc1ccc(NC(=O)CN2C(=O)S/C(=C/c3ccc(OCc4ccc([N+](=O)[O-])cc4)cc3)C2=O)cc1Cl. The lowest BCUT2D eigenvalue weighted by molar-refractivity contribution is -0.384. The predicted octanol–water partition coefficient (Wildman–Crippen LogP) is 5.81. The third-order valence-electron chi connectivity index (χ3n) is 5.36. The molecule has 188 valence electrons. The minimum absolute atomic E-state index is 0.00864. The normalized spacial score (nSPS) is 14.2. The molecule has 9 nitrogen and oxygen atoms in total. The third-order valence-corrected chi connectivity index (χ3v) is 6.68. The summed E-state index contributed by atoms with van der Waals surface area (Å²) in [4.78, 5) is 48.9. The average Bonchev–Trinajstić information content (AvgIpc) is 3.13. The zero-order valence-electron chi connectivity index (χ0n) is 19.5. The fourth-order valence-corrected chi connectivity index (χ4v) is 4.36. The Balaban J connectivity index is 1.34. The number of thioether (sulfide) groups is 1. The molecule has 0 aromatic heterocycles. The molecule has 11 heteroatoms. The number of carbonyl (C=O) groups excluding carboxylic acids is 3. The summed E-state index contributed by atoms with van der Waals surface area (Å²) in [6.45, 7) is 1.65. The van der Waals surface area contributed by atoms with Crippen molar-refractivity contribution in [3.63, 3.8) is 0 Å². The highest BCUT2D eigenvalue weighted by atomic mass is 35.5. The van der Waals surface area contributed by atoms with Crippen molar-refractivity contribution in [1.29, 1.82) is 0 Å². The maximum Gasteiger partial charge on any atom is 0.294 e. The number of nitro benzene ring substituents is 1. The van der Waals surface area contributed by atoms with Crippen LogP contribution in [0.25, 0.3) is 6.08 Å². The van der Waals surface area contributed by atoms with Gasteiger partial charge in [0.2, 0.25) is 5.91 Å². The van der Waals surface area contributed by atoms with Gasteiger partial charge in [0.1, 0.15) is 18.9 Å². The number of rotatable bonds is 8. The van der Waals surface area contributed by atoms with E-state index in [9.17, 15) is 24.5 Å². The highest BCUT2D eigenvalue weighted by Crippen LogP contribution is 2.32. The predicted molar refractivity (Wildman–Crippen MR) is 141 cm³/mol. The van der Waals surface area contributed by atoms with E-state index in [0.717, 1.165) is 27.8 Å². The van der Waals surface area contributed by atoms with Crippen LogP contribution in [-0.2, 0) is 16.2 Å². The van der Waals surface area contributed by atoms with E-state index in [4.69, 9.17) is 16.3 Å². The molecule has 1 fully saturated rings. The number of non-ortho nitro benzene ring substituents is 1. The van der Waals surface area contributed by atoms with Gasteiger partial charge in [0.25, 0.3) is 16.8 Å². The van der Waals surface area contributed by atoms with E-state index in [2.05, 4.69) is 5.32 Å². The molecule has 0 aliphatic carbocycles. The second-order valence-corrected chi connectivity index (χ2v) is 9.46. The van der Waals surface area contributed by atoms with Crippen molar-refractivity contribution in [3.05, 3.63) is 103 Å². The van der Waals surface area contributed by atoms with Crippen LogP contribution in [0.5, 0.6) is 5.75 Å². The summed E-state index contributed by atoms with van der Waals surface area (Å²) in [6.07, 6.45) is 1.57. The van der Waals surface area contributed by atoms with Gasteiger partial charge in [-0.3, -0.25) is 29.4 Å². The highest BCUT2D eigenvalue weighted by Gasteiger charge is 2.36. The van der Waals surface area contributed by atoms with E-state index in [1.165, 1.54) is 12.1 Å². The Hall–Kier alpha value is -4.15. The molecule has 3 aromatic rings. The molecule has 0 spiro atoms. The first-order valence-corrected chi connectivity index (χ1v) is 12.2. The van der Waals surface area contributed by atoms with Crippen LogP contribution in [0.3, 0.4) is 0 Å². The lowest BCUT2D eigenvalue weighted by Crippen LogP contribution is -2.36. The number of benzene rings is 3. The van der Waals surface area contributed by atoms with Crippen LogP contribution in [0.4, 0.5) is 16.2 Å². The van der Waals surface area contributed by atoms with Gasteiger partial charge in [0.15, 0.2) is 0 Å². The van der Waals surface area contributed by atoms with E-state index in [1.54, 1.807) is 60.7 Å². The first-order valence-electron chi connectivity index (χ1n) is 11.0. The number of imide groups is 1. The van der Waals surface area contributed by atoms with Gasteiger partial charge in [0.05, 0.1) is 9.83 Å². The van der Waals surface area contributed by atoms with E-state index in [-0.39, 0.29) is 17.2 Å². The van der Waals surface area contributed by atoms with Gasteiger partial charge in [-0.2, -0.15) is 0 Å². The Morgan fingerprint density at radius 2 is 1.81 bits per heavy atom. The molecule has 1 heterocycles. The first-order chi connectivity index (χ1) is 17.7. The van der Waals surface area contributed by atoms with Crippen molar-refractivity contribution in [2.45, 2.75) is 13.5 Å². The van der Waals surface area contributed by atoms with Gasteiger partial charge >= 0.3 is 0 Å². The van der Waals surface area contributed by atoms with Gasteiger partial charge in [-0.05, 0) is 77.9 Å². The number of nitro groups is 1. The second kappa shape index (κ2) is 11.3. The lowest BCUT2D eigenvalue weighted by atomic mass is 10.2. The first kappa shape index (κ1) is 25.9. The molecule has 1 aliphatic heterocycles. The summed E-state index contributed by atoms with van der Waals surface area (Å²) in [5, 5.41) is 13.3. The number of nitrogens with one attached hydrogen (secondary N) is 1. The van der Waals surface area contributed by atoms with Crippen molar-refractivity contribution in [2.75, 3.05) is 11.9 Å². The Bertz CT molecular complexity index is 1410. The van der Waals surface area contributed by atoms with Crippen LogP contribution in [0.1, 0.15) is 16.7 Å². The van der Waals surface area contributed by atoms with Crippen LogP contribution >= 0.6 is 23.4 Å². The summed E-state index contributed by atoms with van der Waals surface area (Å²) in [5.74, 6) is -0.500. The number of amides is 3. The standard InChI is InChI=1S/C26H20ClN3O6S/c1-16-2-7-19(13-22(16)27)28-24(31)14-29-25(32)23(37-26(29)33)12-17-5-10-21(11-6-17)36-15-18-3-8-20(9-4-18)30(34)35/h2-13H,14-15H2,1H3,(H,28,31)/b23-12+. The van der Waals surface area contributed by atoms with Crippen LogP contribution in [0.2, 0.25) is 5.02 Å². The number of nitrogens with zero attached hydrogens (tertiary/aromatic N) is 2. The van der Waals surface area contributed by atoms with Crippen LogP contribution in [0, 0.1) is 17.0 Å². The Labute approximate surface area is 221 Å². The largest absolute Gasteiger partial charge is 0.489 e. The molecule has 0 saturated carbocycles. The molecule has 1 saturated heterocycles. The van der Waals surface area contributed by atoms with Crippen LogP contribution in [0.15, 0.2) is 71.6 Å². The minimum Gasteiger partial charge on any atom is -0.489 e. The van der Waals surface area contributed by atoms with Gasteiger partial charge in [0, 0.05) is 22.8 Å². The van der Waals surface area contributed by atoms with E-state index in [0.29, 0.717) is 22.0 Å². The third kappa shape index (κ3) is 6.54. The van der Waals surface area contributed by atoms with Gasteiger partial charge in [-0.15, -0.1) is 0 Å². The zero-order valence-corrected chi connectivity index (χ0v) is 21.0. The topological polar surface area (TPSA) is 119 Å². The molecule has 1 N–H and O–H groups in total. The quantitative estimate of drug-likeness (QED) is 0.219. The smallest absolute Gasteiger partial charge is 0.294 e. The minimum atomic E-state index is -0.550. The van der Waals surface area contributed by atoms with E-state index >= 15 is 0 Å². The Morgan fingerprint density at radius 1 is 1.11 bits per heavy atom. The van der Waals surface area contributed by atoms with Crippen molar-refractivity contribution in [2.24, 2.45) is 0 Å². The fraction of sp³-hybridized carbons (Fsp3) is 0.115. The van der Waals surface area contributed by atoms with E-state index in [1.807, 2.05) is 6.92 Å². The number of hydrogen-bond acceptors (Lipinski definition) is 7. The van der Waals surface area contributed by atoms with Crippen molar-refractivity contribution in [3.8, 4) is 5.75 Å². The monoisotopic (exact) mass is 537 g/mol. The fourth-order valence-electron chi connectivity index (χ4n) is 3.34.